The number of nitrogens with two attached hydrogens (primary N) is 1. The fourth-order valence-corrected chi connectivity index (χ4v) is 5.22. The lowest BCUT2D eigenvalue weighted by molar-refractivity contribution is -0.664. The molecule has 1 aromatic carbocycles. The van der Waals surface area contributed by atoms with Crippen LogP contribution >= 0.6 is 30.8 Å². The second-order valence-corrected chi connectivity index (χ2v) is 12.7. The molecule has 0 bridgehead atoms. The minimum Gasteiger partial charge on any atom is -0.387 e. The van der Waals surface area contributed by atoms with Crippen LogP contribution in [0.5, 0.6) is 0 Å². The van der Waals surface area contributed by atoms with Gasteiger partial charge in [-0.15, -0.1) is 6.42 Å². The molecule has 19 heteroatoms. The monoisotopic (exact) mass is 736 g/mol. The number of ether oxygens (including phenoxy) is 6. The number of nitrogens with zero attached hydrogens (tertiary/aromatic N) is 3. The van der Waals surface area contributed by atoms with E-state index in [1.165, 1.54) is 5.32 Å². The van der Waals surface area contributed by atoms with Gasteiger partial charge >= 0.3 is 7.60 Å². The fourth-order valence-electron chi connectivity index (χ4n) is 4.51. The number of hydrogen-bond acceptors (Lipinski definition) is 13. The molecule has 0 spiro atoms. The molecule has 1 saturated heterocycles. The molecule has 1 aliphatic heterocycles. The highest BCUT2D eigenvalue weighted by molar-refractivity contribution is 7.51. The van der Waals surface area contributed by atoms with Crippen LogP contribution in [0.25, 0.3) is 0 Å². The van der Waals surface area contributed by atoms with Crippen LogP contribution in [-0.2, 0) is 39.5 Å². The van der Waals surface area contributed by atoms with Crippen molar-refractivity contribution in [1.29, 1.82) is 5.41 Å². The highest BCUT2D eigenvalue weighted by Crippen LogP contribution is 2.34. The smallest absolute Gasteiger partial charge is 0.350 e. The number of aliphatic hydroxyl groups is 2. The quantitative estimate of drug-likeness (QED) is 0.0297. The second kappa shape index (κ2) is 21.0. The van der Waals surface area contributed by atoms with Crippen molar-refractivity contribution < 1.29 is 58.3 Å². The van der Waals surface area contributed by atoms with E-state index in [-0.39, 0.29) is 48.8 Å². The van der Waals surface area contributed by atoms with Gasteiger partial charge in [-0.1, -0.05) is 35.7 Å². The molecular formula is C29H41Cl2N5O11P+. The summed E-state index contributed by atoms with van der Waals surface area (Å²) in [6.45, 7) is 2.96. The van der Waals surface area contributed by atoms with Crippen molar-refractivity contribution in [2.75, 3.05) is 77.3 Å². The van der Waals surface area contributed by atoms with E-state index in [1.54, 1.807) is 12.1 Å². The van der Waals surface area contributed by atoms with Crippen molar-refractivity contribution in [2.45, 2.75) is 31.1 Å². The first-order valence-corrected chi connectivity index (χ1v) is 17.4. The van der Waals surface area contributed by atoms with E-state index >= 15 is 0 Å². The van der Waals surface area contributed by atoms with Crippen LogP contribution in [0, 0.1) is 17.8 Å². The third-order valence-electron chi connectivity index (χ3n) is 6.76. The van der Waals surface area contributed by atoms with E-state index in [9.17, 15) is 14.8 Å². The second-order valence-electron chi connectivity index (χ2n) is 10.3. The Labute approximate surface area is 288 Å². The molecular weight excluding hydrogens is 696 g/mol. The maximum Gasteiger partial charge on any atom is 0.350 e. The summed E-state index contributed by atoms with van der Waals surface area (Å²) in [7, 11) is -4.44. The average molecular weight is 738 g/mol. The Morgan fingerprint density at radius 3 is 2.27 bits per heavy atom. The van der Waals surface area contributed by atoms with Crippen LogP contribution in [0.3, 0.4) is 0 Å². The maximum absolute atomic E-state index is 11.1. The van der Waals surface area contributed by atoms with Gasteiger partial charge in [0.15, 0.2) is 6.10 Å². The fraction of sp³-hybridized carbons (Fsp3) is 0.552. The zero-order chi connectivity index (χ0) is 34.9. The Hall–Kier alpha value is -2.30. The van der Waals surface area contributed by atoms with Crippen molar-refractivity contribution in [3.8, 4) is 12.3 Å². The van der Waals surface area contributed by atoms with Crippen LogP contribution in [0.4, 0.5) is 11.6 Å². The van der Waals surface area contributed by atoms with Crippen molar-refractivity contribution in [3.63, 3.8) is 0 Å². The predicted octanol–water partition coefficient (Wildman–Crippen LogP) is 0.281. The lowest BCUT2D eigenvalue weighted by Crippen LogP contribution is -2.88. The Morgan fingerprint density at radius 2 is 1.65 bits per heavy atom. The molecule has 0 unspecified atom stereocenters. The van der Waals surface area contributed by atoms with Crippen molar-refractivity contribution >= 4 is 48.6 Å². The lowest BCUT2D eigenvalue weighted by Gasteiger charge is -2.26. The average Bonchev–Trinajstić information content (AvgIpc) is 3.30. The molecule has 0 saturated carbocycles. The lowest BCUT2D eigenvalue weighted by atomic mass is 10.1. The third-order valence-corrected chi connectivity index (χ3v) is 7.82. The number of benzene rings is 1. The van der Waals surface area contributed by atoms with Gasteiger partial charge in [0.1, 0.15) is 36.5 Å². The van der Waals surface area contributed by atoms with Gasteiger partial charge in [0.25, 0.3) is 0 Å². The standard InChI is InChI=1S/C29H40Cl2N5O11P/c1-2-8-42-10-12-44-14-15-45-13-11-43-9-7-36(17-20-5-3-4-6-22(20)30)27-21(16-32)26(34-29(31)35-27)33-28-25(38)24(37)23(47-28)18-46-19-48(39,40)41/h1,3-6,16,23-25,28,32,37-38H,7-15,17-19H2,(H,33,34,35)(H2,39,40,41)/p+1/t23-,24-,25-,28-/m1/s1. The normalized spacial score (nSPS) is 19.4. The highest BCUT2D eigenvalue weighted by atomic mass is 35.5. The van der Waals surface area contributed by atoms with Gasteiger partial charge < -0.3 is 58.7 Å². The van der Waals surface area contributed by atoms with E-state index in [2.05, 4.69) is 15.9 Å². The summed E-state index contributed by atoms with van der Waals surface area (Å²) in [5.41, 5.74) is 1.02. The number of nitrogens with one attached hydrogen (secondary N) is 1. The SMILES string of the molecule is C#CCOCCOCCOCCOCCN(Cc1ccccc1Cl)c1nc(Cl)nc([NH2+][C@@H]2O[C@H](COCP(=O)(O)O)[C@@H](O)[C@H]2O)c1C=N. The first kappa shape index (κ1) is 40.1. The summed E-state index contributed by atoms with van der Waals surface area (Å²) in [6, 6.07) is 7.26. The molecule has 1 aromatic heterocycles. The zero-order valence-corrected chi connectivity index (χ0v) is 28.4. The van der Waals surface area contributed by atoms with Gasteiger partial charge in [0.05, 0.1) is 52.9 Å². The number of rotatable bonds is 23. The van der Waals surface area contributed by atoms with Gasteiger partial charge in [-0.2, -0.15) is 9.97 Å². The molecule has 1 aliphatic rings. The summed E-state index contributed by atoms with van der Waals surface area (Å²) in [4.78, 5) is 28.5. The molecule has 0 aliphatic carbocycles. The number of hydrogen-bond donors (Lipinski definition) is 6. The summed E-state index contributed by atoms with van der Waals surface area (Å²) in [5, 5.41) is 31.1. The number of aliphatic hydroxyl groups excluding tert-OH is 2. The number of aromatic nitrogens is 2. The topological polar surface area (TPSA) is 223 Å². The van der Waals surface area contributed by atoms with Crippen LogP contribution in [0.15, 0.2) is 24.3 Å². The first-order valence-electron chi connectivity index (χ1n) is 14.8. The molecule has 16 nitrogen and oxygen atoms in total. The molecule has 1 fully saturated rings. The zero-order valence-electron chi connectivity index (χ0n) is 26.0. The van der Waals surface area contributed by atoms with E-state index in [0.29, 0.717) is 51.2 Å². The van der Waals surface area contributed by atoms with Gasteiger partial charge in [0, 0.05) is 24.3 Å². The van der Waals surface area contributed by atoms with E-state index < -0.39 is 38.5 Å². The molecule has 3 rings (SSSR count). The van der Waals surface area contributed by atoms with Crippen LogP contribution in [-0.4, -0.2) is 133 Å². The number of anilines is 1. The van der Waals surface area contributed by atoms with Crippen LogP contribution < -0.4 is 10.2 Å². The van der Waals surface area contributed by atoms with Crippen molar-refractivity contribution in [1.82, 2.24) is 9.97 Å². The molecule has 2 heterocycles. The van der Waals surface area contributed by atoms with Gasteiger partial charge in [-0.05, 0) is 23.2 Å². The first-order chi connectivity index (χ1) is 23.0. The van der Waals surface area contributed by atoms with Crippen LogP contribution in [0.2, 0.25) is 10.3 Å². The molecule has 0 radical (unpaired) electrons. The minimum absolute atomic E-state index is 0.149. The Bertz CT molecular complexity index is 1390. The van der Waals surface area contributed by atoms with Crippen molar-refractivity contribution in [2.24, 2.45) is 0 Å². The third kappa shape index (κ3) is 13.5. The Morgan fingerprint density at radius 1 is 1.00 bits per heavy atom. The Balaban J connectivity index is 1.65. The molecule has 0 amide bonds. The number of terminal acetylenes is 1. The van der Waals surface area contributed by atoms with Crippen LogP contribution in [0.1, 0.15) is 11.1 Å². The van der Waals surface area contributed by atoms with E-state index in [4.69, 9.17) is 73.2 Å². The van der Waals surface area contributed by atoms with E-state index in [1.807, 2.05) is 17.0 Å². The molecule has 48 heavy (non-hydrogen) atoms. The van der Waals surface area contributed by atoms with Gasteiger partial charge in [-0.25, -0.2) is 0 Å². The maximum atomic E-state index is 11.1. The summed E-state index contributed by atoms with van der Waals surface area (Å²) >= 11 is 12.8. The largest absolute Gasteiger partial charge is 0.387 e. The van der Waals surface area contributed by atoms with Crippen molar-refractivity contribution in [3.05, 3.63) is 45.7 Å². The minimum atomic E-state index is -4.44. The van der Waals surface area contributed by atoms with Gasteiger partial charge in [0.2, 0.25) is 17.3 Å². The molecule has 7 N–H and O–H groups in total. The highest BCUT2D eigenvalue weighted by Gasteiger charge is 2.46. The number of halogens is 2. The van der Waals surface area contributed by atoms with E-state index in [0.717, 1.165) is 11.8 Å². The number of quaternary nitrogens is 1. The molecule has 266 valence electrons. The van der Waals surface area contributed by atoms with Gasteiger partial charge in [-0.3, -0.25) is 9.88 Å². The summed E-state index contributed by atoms with van der Waals surface area (Å²) in [6.07, 6.45) is 0.221. The molecule has 4 atom stereocenters. The summed E-state index contributed by atoms with van der Waals surface area (Å²) < 4.78 is 43.6. The molecule has 2 aromatic rings. The Kier molecular flexibility index (Phi) is 17.6. The predicted molar refractivity (Wildman–Crippen MR) is 175 cm³/mol. The summed E-state index contributed by atoms with van der Waals surface area (Å²) in [5.74, 6) is 2.82.